The molecule has 0 heterocycles. The molecule has 7 heteroatoms. The van der Waals surface area contributed by atoms with E-state index < -0.39 is 27.8 Å². The van der Waals surface area contributed by atoms with Crippen LogP contribution < -0.4 is 9.44 Å². The number of carbonyl (C=O) groups is 1. The average Bonchev–Trinajstić information content (AvgIpc) is 2.08. The summed E-state index contributed by atoms with van der Waals surface area (Å²) in [5.41, 5.74) is -0.648. The Labute approximate surface area is 103 Å². The number of carboxylic acid groups (broad SMARTS) is 1. The van der Waals surface area contributed by atoms with Crippen molar-refractivity contribution in [1.29, 1.82) is 0 Å². The molecule has 0 aliphatic rings. The van der Waals surface area contributed by atoms with Gasteiger partial charge in [0, 0.05) is 5.54 Å². The van der Waals surface area contributed by atoms with Gasteiger partial charge in [-0.05, 0) is 26.7 Å². The Hall–Kier alpha value is -0.660. The topological polar surface area (TPSA) is 95.5 Å². The molecule has 0 aliphatic heterocycles. The summed E-state index contributed by atoms with van der Waals surface area (Å²) in [5, 5.41) is 8.98. The Kier molecular flexibility index (Phi) is 5.57. The summed E-state index contributed by atoms with van der Waals surface area (Å²) in [6.07, 6.45) is 0.578. The van der Waals surface area contributed by atoms with E-state index in [-0.39, 0.29) is 5.92 Å². The van der Waals surface area contributed by atoms with E-state index in [1.54, 1.807) is 27.7 Å². The van der Waals surface area contributed by atoms with Gasteiger partial charge in [-0.3, -0.25) is 4.79 Å². The van der Waals surface area contributed by atoms with Crippen LogP contribution in [-0.4, -0.2) is 31.1 Å². The van der Waals surface area contributed by atoms with Crippen LogP contribution >= 0.6 is 0 Å². The number of nitrogens with one attached hydrogen (secondary N) is 2. The second-order valence-corrected chi connectivity index (χ2v) is 6.62. The molecule has 0 bridgehead atoms. The highest BCUT2D eigenvalue weighted by Gasteiger charge is 2.30. The van der Waals surface area contributed by atoms with Crippen LogP contribution in [0, 0.1) is 5.92 Å². The van der Waals surface area contributed by atoms with E-state index in [9.17, 15) is 13.2 Å². The quantitative estimate of drug-likeness (QED) is 0.659. The normalized spacial score (nSPS) is 16.5. The first-order valence-corrected chi connectivity index (χ1v) is 7.01. The zero-order valence-electron chi connectivity index (χ0n) is 10.9. The molecule has 0 radical (unpaired) electrons. The molecule has 0 saturated heterocycles. The molecule has 2 atom stereocenters. The van der Waals surface area contributed by atoms with Gasteiger partial charge in [-0.25, -0.2) is 0 Å². The van der Waals surface area contributed by atoms with Gasteiger partial charge >= 0.3 is 5.97 Å². The molecule has 1 unspecified atom stereocenters. The smallest absolute Gasteiger partial charge is 0.322 e. The van der Waals surface area contributed by atoms with Crippen molar-refractivity contribution in [3.8, 4) is 0 Å². The summed E-state index contributed by atoms with van der Waals surface area (Å²) in [4.78, 5) is 11.0. The summed E-state index contributed by atoms with van der Waals surface area (Å²) >= 11 is 0. The van der Waals surface area contributed by atoms with Crippen LogP contribution in [0.5, 0.6) is 0 Å². The fourth-order valence-corrected chi connectivity index (χ4v) is 2.78. The highest BCUT2D eigenvalue weighted by molar-refractivity contribution is 7.87. The summed E-state index contributed by atoms with van der Waals surface area (Å²) < 4.78 is 27.9. The minimum atomic E-state index is -3.82. The fourth-order valence-electron chi connectivity index (χ4n) is 1.25. The van der Waals surface area contributed by atoms with Gasteiger partial charge in [-0.2, -0.15) is 17.9 Å². The molecule has 0 amide bonds. The van der Waals surface area contributed by atoms with Crippen LogP contribution in [0.2, 0.25) is 0 Å². The molecule has 0 aliphatic carbocycles. The maximum Gasteiger partial charge on any atom is 0.322 e. The molecule has 102 valence electrons. The van der Waals surface area contributed by atoms with E-state index in [0.29, 0.717) is 6.42 Å². The van der Waals surface area contributed by atoms with E-state index in [2.05, 4.69) is 9.44 Å². The van der Waals surface area contributed by atoms with Gasteiger partial charge < -0.3 is 5.11 Å². The number of hydrogen-bond donors (Lipinski definition) is 3. The molecule has 6 nitrogen and oxygen atoms in total. The largest absolute Gasteiger partial charge is 0.480 e. The molecule has 0 spiro atoms. The second kappa shape index (κ2) is 5.79. The minimum Gasteiger partial charge on any atom is -0.480 e. The third-order valence-corrected chi connectivity index (χ3v) is 3.65. The predicted molar refractivity (Wildman–Crippen MR) is 65.8 cm³/mol. The maximum absolute atomic E-state index is 11.7. The molecule has 0 aromatic carbocycles. The SMILES string of the molecule is CCC(C)[C@H](NS(=O)(=O)NC(C)(C)C)C(=O)O. The fraction of sp³-hybridized carbons (Fsp3) is 0.900. The van der Waals surface area contributed by atoms with Crippen LogP contribution in [0.25, 0.3) is 0 Å². The first-order valence-electron chi connectivity index (χ1n) is 5.52. The molecule has 0 fully saturated rings. The molecule has 17 heavy (non-hydrogen) atoms. The lowest BCUT2D eigenvalue weighted by Crippen LogP contribution is -2.53. The third kappa shape index (κ3) is 6.60. The van der Waals surface area contributed by atoms with Crippen molar-refractivity contribution < 1.29 is 18.3 Å². The Morgan fingerprint density at radius 2 is 1.82 bits per heavy atom. The molecule has 0 rings (SSSR count). The van der Waals surface area contributed by atoms with Crippen LogP contribution in [0.1, 0.15) is 41.0 Å². The van der Waals surface area contributed by atoms with Gasteiger partial charge in [0.2, 0.25) is 0 Å². The summed E-state index contributed by atoms with van der Waals surface area (Å²) in [6, 6.07) is -1.11. The van der Waals surface area contributed by atoms with E-state index >= 15 is 0 Å². The van der Waals surface area contributed by atoms with Gasteiger partial charge in [-0.15, -0.1) is 0 Å². The van der Waals surface area contributed by atoms with Crippen molar-refractivity contribution in [2.24, 2.45) is 5.92 Å². The van der Waals surface area contributed by atoms with Gasteiger partial charge in [0.1, 0.15) is 6.04 Å². The number of hydrogen-bond acceptors (Lipinski definition) is 3. The van der Waals surface area contributed by atoms with Gasteiger partial charge in [-0.1, -0.05) is 20.3 Å². The zero-order valence-corrected chi connectivity index (χ0v) is 11.8. The van der Waals surface area contributed by atoms with Crippen molar-refractivity contribution >= 4 is 16.2 Å². The van der Waals surface area contributed by atoms with Crippen LogP contribution in [0.3, 0.4) is 0 Å². The van der Waals surface area contributed by atoms with Crippen LogP contribution in [0.15, 0.2) is 0 Å². The van der Waals surface area contributed by atoms with E-state index in [0.717, 1.165) is 0 Å². The lowest BCUT2D eigenvalue weighted by molar-refractivity contribution is -0.140. The van der Waals surface area contributed by atoms with Gasteiger partial charge in [0.25, 0.3) is 10.2 Å². The zero-order chi connectivity index (χ0) is 13.9. The standard InChI is InChI=1S/C10H22N2O4S/c1-6-7(2)8(9(13)14)11-17(15,16)12-10(3,4)5/h7-8,11-12H,6H2,1-5H3,(H,13,14)/t7?,8-/m0/s1. The van der Waals surface area contributed by atoms with E-state index in [4.69, 9.17) is 5.11 Å². The van der Waals surface area contributed by atoms with Crippen LogP contribution in [-0.2, 0) is 15.0 Å². The van der Waals surface area contributed by atoms with Gasteiger partial charge in [0.05, 0.1) is 0 Å². The molecular weight excluding hydrogens is 244 g/mol. The highest BCUT2D eigenvalue weighted by atomic mass is 32.2. The molecular formula is C10H22N2O4S. The van der Waals surface area contributed by atoms with Crippen molar-refractivity contribution in [2.45, 2.75) is 52.6 Å². The lowest BCUT2D eigenvalue weighted by Gasteiger charge is -2.24. The first kappa shape index (κ1) is 16.3. The Morgan fingerprint density at radius 1 is 1.35 bits per heavy atom. The van der Waals surface area contributed by atoms with Crippen molar-refractivity contribution in [3.63, 3.8) is 0 Å². The van der Waals surface area contributed by atoms with Crippen LogP contribution in [0.4, 0.5) is 0 Å². The summed E-state index contributed by atoms with van der Waals surface area (Å²) in [7, 11) is -3.82. The highest BCUT2D eigenvalue weighted by Crippen LogP contribution is 2.10. The molecule has 0 aromatic rings. The summed E-state index contributed by atoms with van der Waals surface area (Å²) in [6.45, 7) is 8.56. The van der Waals surface area contributed by atoms with E-state index in [1.165, 1.54) is 0 Å². The predicted octanol–water partition coefficient (Wildman–Crippen LogP) is 0.708. The monoisotopic (exact) mass is 266 g/mol. The van der Waals surface area contributed by atoms with E-state index in [1.807, 2.05) is 6.92 Å². The lowest BCUT2D eigenvalue weighted by atomic mass is 10.0. The molecule has 0 aromatic heterocycles. The maximum atomic E-state index is 11.7. The Morgan fingerprint density at radius 3 is 2.12 bits per heavy atom. The number of rotatable bonds is 6. The number of carboxylic acids is 1. The first-order chi connectivity index (χ1) is 7.48. The average molecular weight is 266 g/mol. The second-order valence-electron chi connectivity index (χ2n) is 5.17. The molecule has 3 N–H and O–H groups in total. The molecule has 0 saturated carbocycles. The van der Waals surface area contributed by atoms with Crippen molar-refractivity contribution in [3.05, 3.63) is 0 Å². The van der Waals surface area contributed by atoms with Gasteiger partial charge in [0.15, 0.2) is 0 Å². The van der Waals surface area contributed by atoms with Crippen molar-refractivity contribution in [2.75, 3.05) is 0 Å². The Bertz CT molecular complexity index is 359. The number of aliphatic carboxylic acids is 1. The third-order valence-electron chi connectivity index (χ3n) is 2.20. The van der Waals surface area contributed by atoms with Crippen molar-refractivity contribution in [1.82, 2.24) is 9.44 Å². The Balaban J connectivity index is 4.83. The summed E-state index contributed by atoms with van der Waals surface area (Å²) in [5.74, 6) is -1.44. The minimum absolute atomic E-state index is 0.274.